The van der Waals surface area contributed by atoms with E-state index in [9.17, 15) is 9.36 Å². The predicted octanol–water partition coefficient (Wildman–Crippen LogP) is -6.09. The fraction of sp³-hybridized carbons (Fsp3) is 0.500. The minimum atomic E-state index is -4.80. The molecule has 0 rings (SSSR count). The van der Waals surface area contributed by atoms with Crippen molar-refractivity contribution in [3.05, 3.63) is 0 Å². The summed E-state index contributed by atoms with van der Waals surface area (Å²) in [6.07, 6.45) is 0. The van der Waals surface area contributed by atoms with Crippen LogP contribution in [0, 0.1) is 5.41 Å². The smallest absolute Gasteiger partial charge is 1.00 e. The summed E-state index contributed by atoms with van der Waals surface area (Å²) in [5, 5.41) is 6.83. The first-order valence-electron chi connectivity index (χ1n) is 3.05. The van der Waals surface area contributed by atoms with Gasteiger partial charge in [0.15, 0.2) is 5.96 Å². The number of nitrogens with zero attached hydrogens (tertiary/aromatic N) is 1. The molecule has 10 nitrogen and oxygen atoms in total. The monoisotopic (exact) mass is 271 g/mol. The average molecular weight is 271 g/mol. The molecule has 16 heavy (non-hydrogen) atoms. The number of phosphoric acid groups is 1. The largest absolute Gasteiger partial charge is 1.00 e. The Hall–Kier alpha value is -0.190. The molecule has 0 radical (unpaired) electrons. The van der Waals surface area contributed by atoms with Crippen LogP contribution < -0.4 is 35.3 Å². The Bertz CT molecular complexity index is 274. The first-order chi connectivity index (χ1) is 5.72. The van der Waals surface area contributed by atoms with Crippen molar-refractivity contribution >= 4 is 19.8 Å². The van der Waals surface area contributed by atoms with Gasteiger partial charge >= 0.3 is 43.3 Å². The summed E-state index contributed by atoms with van der Waals surface area (Å²) >= 11 is 0. The molecule has 0 aliphatic rings. The summed E-state index contributed by atoms with van der Waals surface area (Å²) in [5.41, 5.74) is 4.96. The van der Waals surface area contributed by atoms with Gasteiger partial charge in [0.1, 0.15) is 6.54 Å². The Labute approximate surface area is 115 Å². The van der Waals surface area contributed by atoms with E-state index in [1.807, 2.05) is 0 Å². The van der Waals surface area contributed by atoms with Crippen molar-refractivity contribution in [2.45, 2.75) is 0 Å². The second-order valence-electron chi connectivity index (χ2n) is 2.20. The van der Waals surface area contributed by atoms with Crippen LogP contribution in [-0.4, -0.2) is 51.2 Å². The standard InChI is InChI=1S/C4H10N3O5P.Na.2H2O.H/c1-7(4(5)6)2-3(8)12-13(9,10)11;;;;/h2H2,1H3,(H3,5,6)(H2,9,10,11);;2*1H2;/q;+1;;;-1. The third-order valence-corrected chi connectivity index (χ3v) is 1.44. The van der Waals surface area contributed by atoms with Gasteiger partial charge in [0.05, 0.1) is 0 Å². The topological polar surface area (TPSA) is 200 Å². The number of hydrogen-bond acceptors (Lipinski definition) is 4. The van der Waals surface area contributed by atoms with Crippen LogP contribution in [0.25, 0.3) is 0 Å². The van der Waals surface area contributed by atoms with Gasteiger partial charge in [0, 0.05) is 7.05 Å². The molecule has 0 spiro atoms. The number of guanidine groups is 1. The molecule has 0 heterocycles. The van der Waals surface area contributed by atoms with Gasteiger partial charge in [-0.15, -0.1) is 0 Å². The number of nitrogens with one attached hydrogen (secondary N) is 1. The molecule has 9 N–H and O–H groups in total. The van der Waals surface area contributed by atoms with Gasteiger partial charge in [-0.05, 0) is 0 Å². The summed E-state index contributed by atoms with van der Waals surface area (Å²) in [7, 11) is -3.49. The fourth-order valence-corrected chi connectivity index (χ4v) is 0.763. The van der Waals surface area contributed by atoms with E-state index in [-0.39, 0.29) is 41.9 Å². The van der Waals surface area contributed by atoms with E-state index >= 15 is 0 Å². The molecule has 0 atom stereocenters. The van der Waals surface area contributed by atoms with E-state index in [1.54, 1.807) is 0 Å². The summed E-state index contributed by atoms with van der Waals surface area (Å²) < 4.78 is 13.8. The van der Waals surface area contributed by atoms with Gasteiger partial charge in [0.2, 0.25) is 0 Å². The van der Waals surface area contributed by atoms with Gasteiger partial charge in [-0.2, -0.15) is 0 Å². The van der Waals surface area contributed by atoms with Crippen molar-refractivity contribution in [1.29, 1.82) is 5.41 Å². The van der Waals surface area contributed by atoms with Gasteiger partial charge in [-0.25, -0.2) is 9.36 Å². The van der Waals surface area contributed by atoms with Crippen molar-refractivity contribution in [1.82, 2.24) is 4.90 Å². The van der Waals surface area contributed by atoms with Crippen molar-refractivity contribution in [3.8, 4) is 0 Å². The number of likely N-dealkylation sites (N-methyl/N-ethyl adjacent to an activating group) is 1. The molecular weight excluding hydrogens is 256 g/mol. The number of hydrogen-bond donors (Lipinski definition) is 4. The van der Waals surface area contributed by atoms with Crippen LogP contribution in [0.4, 0.5) is 0 Å². The molecule has 0 fully saturated rings. The van der Waals surface area contributed by atoms with Crippen molar-refractivity contribution in [2.75, 3.05) is 13.6 Å². The Morgan fingerprint density at radius 2 is 1.94 bits per heavy atom. The molecule has 0 aromatic carbocycles. The molecular formula is C4H15N3NaO7P. The van der Waals surface area contributed by atoms with Crippen LogP contribution in [0.3, 0.4) is 0 Å². The van der Waals surface area contributed by atoms with E-state index in [0.29, 0.717) is 0 Å². The van der Waals surface area contributed by atoms with Crippen LogP contribution in [0.5, 0.6) is 0 Å². The molecule has 0 aliphatic heterocycles. The van der Waals surface area contributed by atoms with E-state index < -0.39 is 26.3 Å². The zero-order valence-electron chi connectivity index (χ0n) is 9.80. The van der Waals surface area contributed by atoms with E-state index in [1.165, 1.54) is 7.05 Å². The summed E-state index contributed by atoms with van der Waals surface area (Å²) in [6.45, 7) is -0.486. The normalized spacial score (nSPS) is 8.69. The molecule has 0 bridgehead atoms. The summed E-state index contributed by atoms with van der Waals surface area (Å²) in [4.78, 5) is 28.0. The molecule has 0 aliphatic carbocycles. The van der Waals surface area contributed by atoms with Gasteiger partial charge in [-0.3, -0.25) is 15.2 Å². The molecule has 0 amide bonds. The number of phosphoric ester groups is 1. The van der Waals surface area contributed by atoms with Gasteiger partial charge < -0.3 is 27.5 Å². The van der Waals surface area contributed by atoms with Crippen LogP contribution >= 0.6 is 7.82 Å². The quantitative estimate of drug-likeness (QED) is 0.169. The van der Waals surface area contributed by atoms with Crippen LogP contribution in [-0.2, 0) is 13.9 Å². The maximum absolute atomic E-state index is 10.7. The van der Waals surface area contributed by atoms with Gasteiger partial charge in [0.25, 0.3) is 0 Å². The van der Waals surface area contributed by atoms with Crippen molar-refractivity contribution in [3.63, 3.8) is 0 Å². The predicted molar refractivity (Wildman–Crippen MR) is 51.0 cm³/mol. The molecule has 0 saturated heterocycles. The van der Waals surface area contributed by atoms with E-state index in [2.05, 4.69) is 4.52 Å². The Morgan fingerprint density at radius 1 is 1.56 bits per heavy atom. The molecule has 0 aromatic heterocycles. The Morgan fingerprint density at radius 3 is 2.19 bits per heavy atom. The minimum absolute atomic E-state index is 0. The third kappa shape index (κ3) is 13.8. The first kappa shape index (κ1) is 24.9. The van der Waals surface area contributed by atoms with Crippen LogP contribution in [0.2, 0.25) is 0 Å². The molecule has 0 saturated carbocycles. The van der Waals surface area contributed by atoms with E-state index in [4.69, 9.17) is 20.9 Å². The van der Waals surface area contributed by atoms with Gasteiger partial charge in [-0.1, -0.05) is 0 Å². The molecule has 0 unspecified atom stereocenters. The Kier molecular flexibility index (Phi) is 15.5. The zero-order valence-corrected chi connectivity index (χ0v) is 11.7. The second kappa shape index (κ2) is 10.00. The van der Waals surface area contributed by atoms with Crippen molar-refractivity contribution < 1.29 is 65.6 Å². The summed E-state index contributed by atoms with van der Waals surface area (Å²) in [5.74, 6) is -1.55. The number of rotatable bonds is 3. The first-order valence-corrected chi connectivity index (χ1v) is 4.58. The SMILES string of the molecule is CN(CC(=O)OP(=O)(O)O)C(=N)N.O.O.[H-].[Na+]. The van der Waals surface area contributed by atoms with Crippen molar-refractivity contribution in [2.24, 2.45) is 5.73 Å². The molecule has 94 valence electrons. The maximum Gasteiger partial charge on any atom is 1.00 e. The fourth-order valence-electron chi connectivity index (χ4n) is 0.440. The Balaban J connectivity index is -0.000000120. The van der Waals surface area contributed by atoms with Crippen LogP contribution in [0.15, 0.2) is 0 Å². The summed E-state index contributed by atoms with van der Waals surface area (Å²) in [6, 6.07) is 0. The van der Waals surface area contributed by atoms with Crippen LogP contribution in [0.1, 0.15) is 1.43 Å². The number of carbonyl (C=O) groups is 1. The number of carbonyl (C=O) groups excluding carboxylic acids is 1. The second-order valence-corrected chi connectivity index (χ2v) is 3.36. The van der Waals surface area contributed by atoms with E-state index in [0.717, 1.165) is 4.90 Å². The zero-order chi connectivity index (χ0) is 10.6. The maximum atomic E-state index is 10.7. The third-order valence-electron chi connectivity index (χ3n) is 0.998. The molecule has 0 aromatic rings. The minimum Gasteiger partial charge on any atom is -1.00 e. The number of nitrogens with two attached hydrogens (primary N) is 1. The molecule has 12 heteroatoms. The average Bonchev–Trinajstić information content (AvgIpc) is 1.81.